The number of amides is 1. The second kappa shape index (κ2) is 6.39. The highest BCUT2D eigenvalue weighted by Crippen LogP contribution is 2.26. The zero-order chi connectivity index (χ0) is 12.9. The van der Waals surface area contributed by atoms with Gasteiger partial charge < -0.3 is 4.90 Å². The zero-order valence-electron chi connectivity index (χ0n) is 8.97. The van der Waals surface area contributed by atoms with Crippen molar-refractivity contribution >= 4 is 28.7 Å². The summed E-state index contributed by atoms with van der Waals surface area (Å²) in [5.41, 5.74) is 0. The number of nitrogens with zero attached hydrogens (tertiary/aromatic N) is 1. The molecule has 0 aromatic carbocycles. The fraction of sp³-hybridized carbons (Fsp3) is 0.667. The average Bonchev–Trinajstić information content (AvgIpc) is 2.08. The van der Waals surface area contributed by atoms with Crippen LogP contribution in [0.3, 0.4) is 0 Å². The van der Waals surface area contributed by atoms with Crippen molar-refractivity contribution in [3.63, 3.8) is 0 Å². The number of thioether (sulfide) groups is 1. The maximum atomic E-state index is 12.4. The van der Waals surface area contributed by atoms with Crippen LogP contribution < -0.4 is 0 Å². The molecule has 0 fully saturated rings. The van der Waals surface area contributed by atoms with E-state index >= 15 is 0 Å². The summed E-state index contributed by atoms with van der Waals surface area (Å²) < 4.78 is 37.1. The molecule has 0 aliphatic carbocycles. The van der Waals surface area contributed by atoms with E-state index in [0.717, 1.165) is 11.8 Å². The highest BCUT2D eigenvalue weighted by molar-refractivity contribution is 8.03. The minimum absolute atomic E-state index is 0.0550. The van der Waals surface area contributed by atoms with Crippen LogP contribution in [0.5, 0.6) is 0 Å². The molecule has 0 aromatic heterocycles. The molecule has 0 saturated carbocycles. The molecule has 0 N–H and O–H groups in total. The van der Waals surface area contributed by atoms with Crippen molar-refractivity contribution in [1.82, 2.24) is 4.90 Å². The van der Waals surface area contributed by atoms with Crippen LogP contribution in [0.1, 0.15) is 13.8 Å². The summed E-state index contributed by atoms with van der Waals surface area (Å²) in [6.45, 7) is 6.19. The number of carbonyl (C=O) groups is 1. The van der Waals surface area contributed by atoms with Gasteiger partial charge in [0.2, 0.25) is 0 Å². The summed E-state index contributed by atoms with van der Waals surface area (Å²) >= 11 is 6.41. The molecule has 1 amide bonds. The Kier molecular flexibility index (Phi) is 6.25. The van der Waals surface area contributed by atoms with Crippen molar-refractivity contribution in [3.8, 4) is 0 Å². The van der Waals surface area contributed by atoms with Gasteiger partial charge in [0.05, 0.1) is 0 Å². The SMILES string of the molecule is C=C(C)SCCN(C(=O)Cl)C(C)C(F)(F)F. The first-order chi connectivity index (χ1) is 7.16. The molecule has 2 nitrogen and oxygen atoms in total. The zero-order valence-corrected chi connectivity index (χ0v) is 10.5. The lowest BCUT2D eigenvalue weighted by atomic mass is 10.3. The Morgan fingerprint density at radius 2 is 2.06 bits per heavy atom. The van der Waals surface area contributed by atoms with Crippen LogP contribution in [-0.4, -0.2) is 34.8 Å². The predicted molar refractivity (Wildman–Crippen MR) is 60.7 cm³/mol. The van der Waals surface area contributed by atoms with Crippen molar-refractivity contribution < 1.29 is 18.0 Å². The van der Waals surface area contributed by atoms with E-state index in [1.54, 1.807) is 6.92 Å². The van der Waals surface area contributed by atoms with Gasteiger partial charge in [0.25, 0.3) is 0 Å². The molecule has 0 spiro atoms. The third-order valence-electron chi connectivity index (χ3n) is 1.85. The standard InChI is InChI=1S/C9H13ClF3NOS/c1-6(2)16-5-4-14(8(10)15)7(3)9(11,12)13/h7H,1,4-5H2,2-3H3. The van der Waals surface area contributed by atoms with Crippen LogP contribution in [0, 0.1) is 0 Å². The molecular weight excluding hydrogens is 263 g/mol. The lowest BCUT2D eigenvalue weighted by Crippen LogP contribution is -2.45. The Bertz CT molecular complexity index is 270. The number of carbonyl (C=O) groups excluding carboxylic acids is 1. The summed E-state index contributed by atoms with van der Waals surface area (Å²) in [7, 11) is 0. The van der Waals surface area contributed by atoms with Gasteiger partial charge in [-0.25, -0.2) is 0 Å². The largest absolute Gasteiger partial charge is 0.408 e. The molecule has 0 saturated heterocycles. The minimum atomic E-state index is -4.46. The average molecular weight is 276 g/mol. The first-order valence-corrected chi connectivity index (χ1v) is 5.83. The van der Waals surface area contributed by atoms with Crippen LogP contribution in [0.25, 0.3) is 0 Å². The molecule has 7 heteroatoms. The summed E-state index contributed by atoms with van der Waals surface area (Å²) in [6, 6.07) is -1.87. The quantitative estimate of drug-likeness (QED) is 0.561. The Balaban J connectivity index is 4.39. The van der Waals surface area contributed by atoms with E-state index in [1.165, 1.54) is 11.8 Å². The maximum Gasteiger partial charge on any atom is 0.408 e. The number of allylic oxidation sites excluding steroid dienone is 1. The minimum Gasteiger partial charge on any atom is -0.317 e. The van der Waals surface area contributed by atoms with E-state index < -0.39 is 17.6 Å². The lowest BCUT2D eigenvalue weighted by molar-refractivity contribution is -0.169. The Morgan fingerprint density at radius 1 is 1.56 bits per heavy atom. The molecule has 0 aliphatic rings. The number of rotatable bonds is 5. The van der Waals surface area contributed by atoms with Gasteiger partial charge in [0.1, 0.15) is 6.04 Å². The van der Waals surface area contributed by atoms with Crippen molar-refractivity contribution in [2.24, 2.45) is 0 Å². The van der Waals surface area contributed by atoms with E-state index in [0.29, 0.717) is 10.7 Å². The van der Waals surface area contributed by atoms with Gasteiger partial charge >= 0.3 is 11.5 Å². The van der Waals surface area contributed by atoms with Gasteiger partial charge in [-0.3, -0.25) is 4.79 Å². The molecule has 16 heavy (non-hydrogen) atoms. The topological polar surface area (TPSA) is 20.3 Å². The highest BCUT2D eigenvalue weighted by Gasteiger charge is 2.41. The van der Waals surface area contributed by atoms with E-state index in [2.05, 4.69) is 6.58 Å². The predicted octanol–water partition coefficient (Wildman–Crippen LogP) is 3.86. The highest BCUT2D eigenvalue weighted by atomic mass is 35.5. The van der Waals surface area contributed by atoms with Gasteiger partial charge in [-0.1, -0.05) is 6.58 Å². The monoisotopic (exact) mass is 275 g/mol. The Labute approximate surface area is 102 Å². The second-order valence-corrected chi connectivity index (χ2v) is 4.93. The summed E-state index contributed by atoms with van der Waals surface area (Å²) in [6.07, 6.45) is -4.46. The van der Waals surface area contributed by atoms with Gasteiger partial charge in [-0.15, -0.1) is 11.8 Å². The van der Waals surface area contributed by atoms with E-state index in [1.807, 2.05) is 0 Å². The second-order valence-electron chi connectivity index (χ2n) is 3.21. The van der Waals surface area contributed by atoms with Crippen LogP contribution in [0.2, 0.25) is 0 Å². The third kappa shape index (κ3) is 5.65. The van der Waals surface area contributed by atoms with Gasteiger partial charge in [0, 0.05) is 12.3 Å². The normalized spacial score (nSPS) is 13.4. The third-order valence-corrected chi connectivity index (χ3v) is 2.94. The molecular formula is C9H13ClF3NOS. The molecule has 0 aliphatic heterocycles. The molecule has 94 valence electrons. The summed E-state index contributed by atoms with van der Waals surface area (Å²) in [4.78, 5) is 12.2. The van der Waals surface area contributed by atoms with E-state index in [-0.39, 0.29) is 6.54 Å². The van der Waals surface area contributed by atoms with Crippen LogP contribution in [0.15, 0.2) is 11.5 Å². The first-order valence-electron chi connectivity index (χ1n) is 4.47. The number of hydrogen-bond acceptors (Lipinski definition) is 2. The fourth-order valence-corrected chi connectivity index (χ4v) is 1.80. The van der Waals surface area contributed by atoms with Crippen molar-refractivity contribution in [2.75, 3.05) is 12.3 Å². The molecule has 1 atom stereocenters. The van der Waals surface area contributed by atoms with E-state index in [9.17, 15) is 18.0 Å². The number of hydrogen-bond donors (Lipinski definition) is 0. The smallest absolute Gasteiger partial charge is 0.317 e. The molecule has 0 radical (unpaired) electrons. The van der Waals surface area contributed by atoms with Crippen LogP contribution in [-0.2, 0) is 0 Å². The Hall–Kier alpha value is -0.360. The van der Waals surface area contributed by atoms with Crippen molar-refractivity contribution in [1.29, 1.82) is 0 Å². The van der Waals surface area contributed by atoms with Crippen LogP contribution in [0.4, 0.5) is 18.0 Å². The Morgan fingerprint density at radius 3 is 2.38 bits per heavy atom. The number of alkyl halides is 3. The molecule has 0 aromatic rings. The van der Waals surface area contributed by atoms with Gasteiger partial charge in [-0.2, -0.15) is 13.2 Å². The maximum absolute atomic E-state index is 12.4. The first kappa shape index (κ1) is 15.6. The van der Waals surface area contributed by atoms with Crippen molar-refractivity contribution in [2.45, 2.75) is 26.1 Å². The van der Waals surface area contributed by atoms with E-state index in [4.69, 9.17) is 11.6 Å². The molecule has 0 heterocycles. The molecule has 1 unspecified atom stereocenters. The molecule has 0 rings (SSSR count). The summed E-state index contributed by atoms with van der Waals surface area (Å²) in [5, 5.41) is -1.09. The fourth-order valence-electron chi connectivity index (χ4n) is 0.929. The summed E-state index contributed by atoms with van der Waals surface area (Å²) in [5.74, 6) is 0.341. The molecule has 0 bridgehead atoms. The van der Waals surface area contributed by atoms with Gasteiger partial charge in [0.15, 0.2) is 0 Å². The lowest BCUT2D eigenvalue weighted by Gasteiger charge is -2.28. The number of halogens is 4. The van der Waals surface area contributed by atoms with Crippen molar-refractivity contribution in [3.05, 3.63) is 11.5 Å². The van der Waals surface area contributed by atoms with Gasteiger partial charge in [-0.05, 0) is 30.4 Å². The van der Waals surface area contributed by atoms with Crippen LogP contribution >= 0.6 is 23.4 Å².